The van der Waals surface area contributed by atoms with Crippen molar-refractivity contribution in [2.75, 3.05) is 20.3 Å². The number of benzene rings is 1. The Hall–Kier alpha value is -1.81. The third kappa shape index (κ3) is 5.89. The number of rotatable bonds is 9. The summed E-state index contributed by atoms with van der Waals surface area (Å²) in [6.07, 6.45) is 2.66. The lowest BCUT2D eigenvalue weighted by atomic mass is 10.1. The molecule has 0 atom stereocenters. The number of hydrogen-bond acceptors (Lipinski definition) is 4. The van der Waals surface area contributed by atoms with E-state index >= 15 is 0 Å². The summed E-state index contributed by atoms with van der Waals surface area (Å²) in [4.78, 5) is 4.85. The van der Waals surface area contributed by atoms with Crippen LogP contribution in [0.2, 0.25) is 0 Å². The molecule has 1 rings (SSSR count). The molecule has 110 valence electrons. The second-order valence-electron chi connectivity index (χ2n) is 4.76. The molecule has 1 N–H and O–H groups in total. The summed E-state index contributed by atoms with van der Waals surface area (Å²) in [5, 5.41) is 7.30. The zero-order valence-corrected chi connectivity index (χ0v) is 12.6. The molecule has 0 radical (unpaired) electrons. The smallest absolute Gasteiger partial charge is 0.131 e. The molecule has 0 saturated heterocycles. The molecule has 0 aliphatic carbocycles. The van der Waals surface area contributed by atoms with Gasteiger partial charge in [0, 0.05) is 12.6 Å². The van der Waals surface area contributed by atoms with Gasteiger partial charge in [-0.1, -0.05) is 43.3 Å². The molecule has 1 aromatic carbocycles. The molecule has 20 heavy (non-hydrogen) atoms. The Morgan fingerprint density at radius 3 is 2.80 bits per heavy atom. The lowest BCUT2D eigenvalue weighted by Gasteiger charge is -2.13. The average Bonchev–Trinajstić information content (AvgIpc) is 2.43. The van der Waals surface area contributed by atoms with E-state index in [2.05, 4.69) is 30.9 Å². The van der Waals surface area contributed by atoms with E-state index in [9.17, 15) is 0 Å². The zero-order valence-electron chi connectivity index (χ0n) is 12.6. The van der Waals surface area contributed by atoms with Crippen molar-refractivity contribution in [1.82, 2.24) is 5.32 Å². The third-order valence-electron chi connectivity index (χ3n) is 2.67. The van der Waals surface area contributed by atoms with Crippen LogP contribution in [0.3, 0.4) is 0 Å². The number of allylic oxidation sites excluding steroid dienone is 1. The van der Waals surface area contributed by atoms with Crippen LogP contribution >= 0.6 is 0 Å². The van der Waals surface area contributed by atoms with Gasteiger partial charge in [-0.2, -0.15) is 0 Å². The van der Waals surface area contributed by atoms with E-state index in [4.69, 9.17) is 9.57 Å². The molecule has 0 aliphatic rings. The maximum Gasteiger partial charge on any atom is 0.131 e. The van der Waals surface area contributed by atoms with Gasteiger partial charge in [-0.3, -0.25) is 0 Å². The first-order valence-electron chi connectivity index (χ1n) is 6.81. The van der Waals surface area contributed by atoms with Gasteiger partial charge >= 0.3 is 0 Å². The van der Waals surface area contributed by atoms with Crippen LogP contribution in [0.5, 0.6) is 5.75 Å². The molecular weight excluding hydrogens is 252 g/mol. The largest absolute Gasteiger partial charge is 0.487 e. The maximum absolute atomic E-state index is 5.84. The van der Waals surface area contributed by atoms with Crippen molar-refractivity contribution >= 4 is 5.71 Å². The average molecular weight is 276 g/mol. The molecule has 0 aliphatic heterocycles. The highest BCUT2D eigenvalue weighted by molar-refractivity contribution is 5.87. The molecule has 4 heteroatoms. The van der Waals surface area contributed by atoms with Crippen molar-refractivity contribution in [1.29, 1.82) is 0 Å². The molecular formula is C16H24N2O2. The lowest BCUT2D eigenvalue weighted by molar-refractivity contribution is 0.209. The van der Waals surface area contributed by atoms with Gasteiger partial charge in [0.1, 0.15) is 25.2 Å². The fourth-order valence-corrected chi connectivity index (χ4v) is 1.69. The topological polar surface area (TPSA) is 42.8 Å². The number of ether oxygens (including phenoxy) is 1. The van der Waals surface area contributed by atoms with Crippen molar-refractivity contribution < 1.29 is 9.57 Å². The van der Waals surface area contributed by atoms with E-state index < -0.39 is 0 Å². The van der Waals surface area contributed by atoms with Crippen LogP contribution in [0, 0.1) is 0 Å². The Morgan fingerprint density at radius 1 is 1.40 bits per heavy atom. The van der Waals surface area contributed by atoms with Crippen LogP contribution in [-0.4, -0.2) is 32.0 Å². The summed E-state index contributed by atoms with van der Waals surface area (Å²) in [6, 6.07) is 8.35. The first-order chi connectivity index (χ1) is 9.67. The van der Waals surface area contributed by atoms with Crippen LogP contribution < -0.4 is 10.1 Å². The first-order valence-corrected chi connectivity index (χ1v) is 6.81. The number of nitrogens with one attached hydrogen (secondary N) is 1. The van der Waals surface area contributed by atoms with Crippen molar-refractivity contribution in [2.45, 2.75) is 26.3 Å². The normalized spacial score (nSPS) is 11.5. The van der Waals surface area contributed by atoms with Crippen LogP contribution in [0.4, 0.5) is 0 Å². The summed E-state index contributed by atoms with van der Waals surface area (Å²) < 4.78 is 5.84. The van der Waals surface area contributed by atoms with E-state index in [1.807, 2.05) is 30.3 Å². The standard InChI is InChI=1S/C16H24N2O2/c1-5-8-14-9-6-7-10-16(14)20-12-15(18-19-4)11-17-13(2)3/h5-7,9-10,13,17H,1,8,11-12H2,2-4H3/b18-15-. The third-order valence-corrected chi connectivity index (χ3v) is 2.67. The molecule has 0 bridgehead atoms. The molecule has 1 aromatic rings. The summed E-state index contributed by atoms with van der Waals surface area (Å²) in [6.45, 7) is 8.99. The van der Waals surface area contributed by atoms with E-state index in [-0.39, 0.29) is 0 Å². The Bertz CT molecular complexity index is 442. The number of para-hydroxylation sites is 1. The van der Waals surface area contributed by atoms with E-state index in [1.165, 1.54) is 0 Å². The van der Waals surface area contributed by atoms with Crippen molar-refractivity contribution in [3.63, 3.8) is 0 Å². The van der Waals surface area contributed by atoms with E-state index in [0.717, 1.165) is 23.4 Å². The van der Waals surface area contributed by atoms with Gasteiger partial charge in [0.05, 0.1) is 0 Å². The van der Waals surface area contributed by atoms with Crippen molar-refractivity contribution in [3.8, 4) is 5.75 Å². The predicted molar refractivity (Wildman–Crippen MR) is 83.4 cm³/mol. The molecule has 0 saturated carbocycles. The highest BCUT2D eigenvalue weighted by atomic mass is 16.6. The highest BCUT2D eigenvalue weighted by Crippen LogP contribution is 2.18. The fourth-order valence-electron chi connectivity index (χ4n) is 1.69. The minimum Gasteiger partial charge on any atom is -0.487 e. The van der Waals surface area contributed by atoms with E-state index in [0.29, 0.717) is 19.2 Å². The van der Waals surface area contributed by atoms with E-state index in [1.54, 1.807) is 7.11 Å². The minimum atomic E-state index is 0.394. The van der Waals surface area contributed by atoms with Gasteiger partial charge in [-0.15, -0.1) is 6.58 Å². The number of nitrogens with zero attached hydrogens (tertiary/aromatic N) is 1. The summed E-state index contributed by atoms with van der Waals surface area (Å²) in [7, 11) is 1.54. The molecule has 0 fully saturated rings. The fraction of sp³-hybridized carbons (Fsp3) is 0.438. The SMILES string of the molecule is C=CCc1ccccc1OC/C(CNC(C)C)=N\OC. The van der Waals surface area contributed by atoms with Crippen molar-refractivity contribution in [2.24, 2.45) is 5.16 Å². The van der Waals surface area contributed by atoms with Crippen LogP contribution in [0.25, 0.3) is 0 Å². The molecule has 0 spiro atoms. The Balaban J connectivity index is 2.63. The van der Waals surface area contributed by atoms with Crippen LogP contribution in [-0.2, 0) is 11.3 Å². The van der Waals surface area contributed by atoms with Crippen molar-refractivity contribution in [3.05, 3.63) is 42.5 Å². The predicted octanol–water partition coefficient (Wildman–Crippen LogP) is 2.79. The van der Waals surface area contributed by atoms with Gasteiger partial charge in [0.2, 0.25) is 0 Å². The van der Waals surface area contributed by atoms with Gasteiger partial charge in [-0.25, -0.2) is 0 Å². The Kier molecular flexibility index (Phi) is 7.43. The molecule has 0 unspecified atom stereocenters. The number of oxime groups is 1. The minimum absolute atomic E-state index is 0.394. The molecule has 0 aromatic heterocycles. The lowest BCUT2D eigenvalue weighted by Crippen LogP contribution is -2.32. The summed E-state index contributed by atoms with van der Waals surface area (Å²) in [5.41, 5.74) is 1.95. The maximum atomic E-state index is 5.84. The monoisotopic (exact) mass is 276 g/mol. The zero-order chi connectivity index (χ0) is 14.8. The number of hydrogen-bond donors (Lipinski definition) is 1. The second kappa shape index (κ2) is 9.15. The second-order valence-corrected chi connectivity index (χ2v) is 4.76. The Labute approximate surface area is 121 Å². The summed E-state index contributed by atoms with van der Waals surface area (Å²) >= 11 is 0. The van der Waals surface area contributed by atoms with Crippen LogP contribution in [0.15, 0.2) is 42.1 Å². The highest BCUT2D eigenvalue weighted by Gasteiger charge is 2.06. The van der Waals surface area contributed by atoms with Crippen LogP contribution in [0.1, 0.15) is 19.4 Å². The van der Waals surface area contributed by atoms with Gasteiger partial charge in [0.15, 0.2) is 0 Å². The first kappa shape index (κ1) is 16.2. The van der Waals surface area contributed by atoms with Gasteiger partial charge in [-0.05, 0) is 18.1 Å². The molecule has 0 heterocycles. The molecule has 0 amide bonds. The van der Waals surface area contributed by atoms with Gasteiger partial charge < -0.3 is 14.9 Å². The summed E-state index contributed by atoms with van der Waals surface area (Å²) in [5.74, 6) is 0.862. The van der Waals surface area contributed by atoms with Gasteiger partial charge in [0.25, 0.3) is 0 Å². The quantitative estimate of drug-likeness (QED) is 0.428. The Morgan fingerprint density at radius 2 is 2.15 bits per heavy atom. The molecule has 4 nitrogen and oxygen atoms in total.